The molecule has 1 amide bonds. The van der Waals surface area contributed by atoms with E-state index < -0.39 is 12.0 Å². The minimum absolute atomic E-state index is 0.0508. The summed E-state index contributed by atoms with van der Waals surface area (Å²) in [7, 11) is 0. The lowest BCUT2D eigenvalue weighted by molar-refractivity contribution is -0.142. The summed E-state index contributed by atoms with van der Waals surface area (Å²) < 4.78 is 4.92. The van der Waals surface area contributed by atoms with Crippen molar-refractivity contribution in [2.24, 2.45) is 5.41 Å². The maximum atomic E-state index is 11.8. The minimum Gasteiger partial charge on any atom is -0.480 e. The van der Waals surface area contributed by atoms with Crippen molar-refractivity contribution in [3.8, 4) is 0 Å². The van der Waals surface area contributed by atoms with Crippen LogP contribution >= 0.6 is 0 Å². The molecule has 0 aliphatic heterocycles. The van der Waals surface area contributed by atoms with Gasteiger partial charge in [0.15, 0.2) is 0 Å². The third-order valence-corrected chi connectivity index (χ3v) is 3.04. The van der Waals surface area contributed by atoms with Gasteiger partial charge in [-0.3, -0.25) is 4.79 Å². The van der Waals surface area contributed by atoms with Gasteiger partial charge >= 0.3 is 5.97 Å². The lowest BCUT2D eigenvalue weighted by atomic mass is 9.88. The van der Waals surface area contributed by atoms with E-state index in [-0.39, 0.29) is 17.7 Å². The molecule has 1 aromatic rings. The molecule has 1 unspecified atom stereocenters. The normalized spacial score (nSPS) is 12.9. The van der Waals surface area contributed by atoms with E-state index in [1.165, 1.54) is 0 Å². The van der Waals surface area contributed by atoms with E-state index in [1.807, 2.05) is 20.8 Å². The first-order valence-electron chi connectivity index (χ1n) is 6.81. The number of carbonyl (C=O) groups excluding carboxylic acids is 1. The number of aliphatic carboxylic acids is 1. The summed E-state index contributed by atoms with van der Waals surface area (Å²) in [5.41, 5.74) is 0.983. The molecule has 0 spiro atoms. The Morgan fingerprint density at radius 1 is 1.40 bits per heavy atom. The molecule has 0 radical (unpaired) electrons. The summed E-state index contributed by atoms with van der Waals surface area (Å²) in [5, 5.41) is 11.7. The number of aryl methyl sites for hydroxylation is 1. The monoisotopic (exact) mass is 281 g/mol. The van der Waals surface area contributed by atoms with Crippen LogP contribution in [0.4, 0.5) is 0 Å². The number of carboxylic acids is 1. The van der Waals surface area contributed by atoms with Gasteiger partial charge in [-0.25, -0.2) is 4.79 Å². The number of furan rings is 1. The molecule has 5 heteroatoms. The van der Waals surface area contributed by atoms with Crippen LogP contribution < -0.4 is 5.32 Å². The highest BCUT2D eigenvalue weighted by molar-refractivity contribution is 5.83. The van der Waals surface area contributed by atoms with Crippen LogP contribution in [0, 0.1) is 5.41 Å². The summed E-state index contributed by atoms with van der Waals surface area (Å²) in [6, 6.07) is 0.979. The van der Waals surface area contributed by atoms with Crippen LogP contribution in [0.3, 0.4) is 0 Å². The highest BCUT2D eigenvalue weighted by Gasteiger charge is 2.22. The van der Waals surface area contributed by atoms with Gasteiger partial charge in [-0.05, 0) is 36.3 Å². The number of rotatable bonds is 7. The van der Waals surface area contributed by atoms with Crippen LogP contribution in [-0.2, 0) is 16.0 Å². The Bertz CT molecular complexity index is 431. The summed E-state index contributed by atoms with van der Waals surface area (Å²) in [6.45, 7) is 6.14. The number of nitrogens with one attached hydrogen (secondary N) is 1. The van der Waals surface area contributed by atoms with E-state index in [2.05, 4.69) is 5.32 Å². The van der Waals surface area contributed by atoms with Gasteiger partial charge in [0.2, 0.25) is 5.91 Å². The summed E-state index contributed by atoms with van der Waals surface area (Å²) in [6.07, 6.45) is 5.13. The third-order valence-electron chi connectivity index (χ3n) is 3.04. The number of amides is 1. The van der Waals surface area contributed by atoms with E-state index in [9.17, 15) is 9.59 Å². The molecule has 20 heavy (non-hydrogen) atoms. The molecular formula is C15H23NO4. The number of carboxylic acid groups (broad SMARTS) is 1. The molecule has 2 N–H and O–H groups in total. The molecule has 1 atom stereocenters. The molecule has 0 aliphatic rings. The molecule has 112 valence electrons. The zero-order valence-corrected chi connectivity index (χ0v) is 12.3. The van der Waals surface area contributed by atoms with Gasteiger partial charge in [-0.15, -0.1) is 0 Å². The predicted octanol–water partition coefficient (Wildman–Crippen LogP) is 2.61. The topological polar surface area (TPSA) is 79.5 Å². The first kappa shape index (κ1) is 16.3. The first-order valence-corrected chi connectivity index (χ1v) is 6.81. The molecule has 5 nitrogen and oxygen atoms in total. The van der Waals surface area contributed by atoms with E-state index in [0.29, 0.717) is 12.8 Å². The van der Waals surface area contributed by atoms with Crippen molar-refractivity contribution in [2.75, 3.05) is 0 Å². The first-order chi connectivity index (χ1) is 9.28. The highest BCUT2D eigenvalue weighted by atomic mass is 16.4. The molecule has 1 rings (SSSR count). The van der Waals surface area contributed by atoms with Gasteiger partial charge in [0.1, 0.15) is 6.04 Å². The molecule has 0 saturated heterocycles. The highest BCUT2D eigenvalue weighted by Crippen LogP contribution is 2.21. The van der Waals surface area contributed by atoms with Gasteiger partial charge < -0.3 is 14.8 Å². The van der Waals surface area contributed by atoms with Crippen molar-refractivity contribution >= 4 is 11.9 Å². The van der Waals surface area contributed by atoms with Crippen molar-refractivity contribution in [1.29, 1.82) is 0 Å². The second-order valence-corrected chi connectivity index (χ2v) is 6.19. The fourth-order valence-corrected chi connectivity index (χ4v) is 1.79. The van der Waals surface area contributed by atoms with Gasteiger partial charge in [-0.1, -0.05) is 20.8 Å². The Morgan fingerprint density at radius 3 is 2.60 bits per heavy atom. The molecule has 0 saturated carbocycles. The van der Waals surface area contributed by atoms with E-state index >= 15 is 0 Å². The molecule has 0 aliphatic carbocycles. The number of hydrogen-bond acceptors (Lipinski definition) is 3. The second kappa shape index (κ2) is 7.12. The molecule has 1 aromatic heterocycles. The largest absolute Gasteiger partial charge is 0.480 e. The fourth-order valence-electron chi connectivity index (χ4n) is 1.79. The standard InChI is InChI=1S/C15H23NO4/c1-15(2,3)8-6-12(14(18)19)16-13(17)5-4-11-7-9-20-10-11/h7,9-10,12H,4-6,8H2,1-3H3,(H,16,17)(H,18,19). The summed E-state index contributed by atoms with van der Waals surface area (Å²) in [5.74, 6) is -1.22. The Labute approximate surface area is 119 Å². The maximum absolute atomic E-state index is 11.8. The summed E-state index contributed by atoms with van der Waals surface area (Å²) >= 11 is 0. The predicted molar refractivity (Wildman–Crippen MR) is 75.3 cm³/mol. The average Bonchev–Trinajstić information content (AvgIpc) is 2.83. The maximum Gasteiger partial charge on any atom is 0.326 e. The Balaban J connectivity index is 2.40. The molecular weight excluding hydrogens is 258 g/mol. The summed E-state index contributed by atoms with van der Waals surface area (Å²) in [4.78, 5) is 22.9. The number of carbonyl (C=O) groups is 2. The van der Waals surface area contributed by atoms with Crippen LogP contribution in [0.25, 0.3) is 0 Å². The molecule has 0 fully saturated rings. The fraction of sp³-hybridized carbons (Fsp3) is 0.600. The quantitative estimate of drug-likeness (QED) is 0.805. The van der Waals surface area contributed by atoms with Crippen LogP contribution in [-0.4, -0.2) is 23.0 Å². The van der Waals surface area contributed by atoms with Crippen LogP contribution in [0.5, 0.6) is 0 Å². The lowest BCUT2D eigenvalue weighted by Crippen LogP contribution is -2.41. The van der Waals surface area contributed by atoms with Crippen molar-refractivity contribution in [3.63, 3.8) is 0 Å². The smallest absolute Gasteiger partial charge is 0.326 e. The van der Waals surface area contributed by atoms with Crippen molar-refractivity contribution in [3.05, 3.63) is 24.2 Å². The van der Waals surface area contributed by atoms with E-state index in [0.717, 1.165) is 12.0 Å². The average molecular weight is 281 g/mol. The van der Waals surface area contributed by atoms with Crippen molar-refractivity contribution in [2.45, 2.75) is 52.5 Å². The van der Waals surface area contributed by atoms with E-state index in [1.54, 1.807) is 18.6 Å². The molecule has 0 bridgehead atoms. The van der Waals surface area contributed by atoms with Crippen LogP contribution in [0.1, 0.15) is 45.6 Å². The van der Waals surface area contributed by atoms with Crippen LogP contribution in [0.15, 0.2) is 23.0 Å². The van der Waals surface area contributed by atoms with Gasteiger partial charge in [0, 0.05) is 6.42 Å². The van der Waals surface area contributed by atoms with Gasteiger partial charge in [-0.2, -0.15) is 0 Å². The van der Waals surface area contributed by atoms with Crippen LogP contribution in [0.2, 0.25) is 0 Å². The lowest BCUT2D eigenvalue weighted by Gasteiger charge is -2.21. The minimum atomic E-state index is -0.981. The zero-order chi connectivity index (χ0) is 15.2. The Hall–Kier alpha value is -1.78. The molecule has 1 heterocycles. The third kappa shape index (κ3) is 6.41. The van der Waals surface area contributed by atoms with Crippen molar-refractivity contribution in [1.82, 2.24) is 5.32 Å². The Kier molecular flexibility index (Phi) is 5.80. The number of hydrogen-bond donors (Lipinski definition) is 2. The van der Waals surface area contributed by atoms with Gasteiger partial charge in [0.25, 0.3) is 0 Å². The Morgan fingerprint density at radius 2 is 2.10 bits per heavy atom. The van der Waals surface area contributed by atoms with Crippen molar-refractivity contribution < 1.29 is 19.1 Å². The van der Waals surface area contributed by atoms with Gasteiger partial charge in [0.05, 0.1) is 12.5 Å². The molecule has 0 aromatic carbocycles. The second-order valence-electron chi connectivity index (χ2n) is 6.19. The SMILES string of the molecule is CC(C)(C)CCC(NC(=O)CCc1ccoc1)C(=O)O. The zero-order valence-electron chi connectivity index (χ0n) is 12.3. The van der Waals surface area contributed by atoms with E-state index in [4.69, 9.17) is 9.52 Å².